The number of nitrogens with one attached hydrogen (secondary N) is 1. The summed E-state index contributed by atoms with van der Waals surface area (Å²) in [5, 5.41) is 11.3. The minimum absolute atomic E-state index is 0.0293. The summed E-state index contributed by atoms with van der Waals surface area (Å²) in [4.78, 5) is 14.6. The van der Waals surface area contributed by atoms with Crippen molar-refractivity contribution in [3.8, 4) is 0 Å². The van der Waals surface area contributed by atoms with Gasteiger partial charge in [-0.25, -0.2) is 0 Å². The van der Waals surface area contributed by atoms with Gasteiger partial charge in [0.25, 0.3) is 0 Å². The van der Waals surface area contributed by atoms with Crippen molar-refractivity contribution in [2.45, 2.75) is 58.0 Å². The molecule has 0 bridgehead atoms. The topological polar surface area (TPSA) is 71.3 Å². The smallest absolute Gasteiger partial charge is 0.241 e. The van der Waals surface area contributed by atoms with Crippen LogP contribution in [0.2, 0.25) is 0 Å². The Morgan fingerprint density at radius 3 is 2.72 bits per heavy atom. The summed E-state index contributed by atoms with van der Waals surface area (Å²) < 4.78 is 5.82. The quantitative estimate of drug-likeness (QED) is 0.794. The zero-order chi connectivity index (χ0) is 17.6. The first-order chi connectivity index (χ1) is 12.2. The molecule has 6 heteroatoms. The van der Waals surface area contributed by atoms with Crippen molar-refractivity contribution in [3.63, 3.8) is 0 Å². The Morgan fingerprint density at radius 1 is 1.32 bits per heavy atom. The van der Waals surface area contributed by atoms with E-state index in [-0.39, 0.29) is 11.9 Å². The lowest BCUT2D eigenvalue weighted by Crippen LogP contribution is -2.42. The Labute approximate surface area is 148 Å². The molecule has 1 N–H and O–H groups in total. The molecule has 0 radical (unpaired) electrons. The van der Waals surface area contributed by atoms with Crippen LogP contribution in [0.4, 0.5) is 5.69 Å². The number of carbonyl (C=O) groups is 1. The predicted molar refractivity (Wildman–Crippen MR) is 96.1 cm³/mol. The second-order valence-corrected chi connectivity index (χ2v) is 6.66. The fourth-order valence-electron chi connectivity index (χ4n) is 2.96. The highest BCUT2D eigenvalue weighted by Crippen LogP contribution is 2.35. The summed E-state index contributed by atoms with van der Waals surface area (Å²) in [6.07, 6.45) is 4.46. The molecule has 3 rings (SSSR count). The number of benzene rings is 1. The van der Waals surface area contributed by atoms with Crippen molar-refractivity contribution in [3.05, 3.63) is 42.1 Å². The van der Waals surface area contributed by atoms with Gasteiger partial charge in [-0.1, -0.05) is 31.5 Å². The average molecular weight is 342 g/mol. The molecule has 2 aromatic rings. The zero-order valence-electron chi connectivity index (χ0n) is 14.9. The molecule has 1 aliphatic carbocycles. The molecule has 1 atom stereocenters. The van der Waals surface area contributed by atoms with E-state index in [1.807, 2.05) is 37.3 Å². The number of aromatic nitrogens is 2. The highest BCUT2D eigenvalue weighted by atomic mass is 16.4. The molecule has 0 unspecified atom stereocenters. The molecule has 0 spiro atoms. The van der Waals surface area contributed by atoms with Crippen molar-refractivity contribution in [2.75, 3.05) is 11.9 Å². The Kier molecular flexibility index (Phi) is 5.81. The first-order valence-electron chi connectivity index (χ1n) is 9.09. The zero-order valence-corrected chi connectivity index (χ0v) is 14.9. The summed E-state index contributed by atoms with van der Waals surface area (Å²) in [7, 11) is 0. The summed E-state index contributed by atoms with van der Waals surface area (Å²) in [5.41, 5.74) is 0.806. The predicted octanol–water partition coefficient (Wildman–Crippen LogP) is 3.58. The molecule has 1 amide bonds. The second-order valence-electron chi connectivity index (χ2n) is 6.66. The van der Waals surface area contributed by atoms with Gasteiger partial charge in [0, 0.05) is 11.6 Å². The molecule has 1 heterocycles. The lowest BCUT2D eigenvalue weighted by atomic mass is 9.85. The van der Waals surface area contributed by atoms with Crippen LogP contribution in [0.1, 0.15) is 57.2 Å². The number of hydrogen-bond donors (Lipinski definition) is 1. The highest BCUT2D eigenvalue weighted by Gasteiger charge is 2.27. The van der Waals surface area contributed by atoms with Crippen molar-refractivity contribution >= 4 is 11.6 Å². The number of nitrogens with zero attached hydrogens (tertiary/aromatic N) is 3. The van der Waals surface area contributed by atoms with Crippen LogP contribution in [0.25, 0.3) is 0 Å². The van der Waals surface area contributed by atoms with Gasteiger partial charge in [-0.2, -0.15) is 0 Å². The third kappa shape index (κ3) is 4.45. The van der Waals surface area contributed by atoms with Gasteiger partial charge in [-0.05, 0) is 44.9 Å². The SMILES string of the molecule is CCCN(Cc1nnc(C2CCC2)o1)[C@@H](C)C(=O)Nc1ccccc1. The van der Waals surface area contributed by atoms with Gasteiger partial charge in [-0.15, -0.1) is 10.2 Å². The van der Waals surface area contributed by atoms with Crippen molar-refractivity contribution in [2.24, 2.45) is 0 Å². The molecule has 1 aromatic carbocycles. The van der Waals surface area contributed by atoms with Gasteiger partial charge in [-0.3, -0.25) is 9.69 Å². The standard InChI is InChI=1S/C19H26N4O2/c1-3-12-23(13-17-21-22-19(25-17)15-8-7-9-15)14(2)18(24)20-16-10-5-4-6-11-16/h4-6,10-11,14-15H,3,7-9,12-13H2,1-2H3,(H,20,24)/t14-/m0/s1. The minimum Gasteiger partial charge on any atom is -0.424 e. The van der Waals surface area contributed by atoms with Gasteiger partial charge < -0.3 is 9.73 Å². The first kappa shape index (κ1) is 17.6. The van der Waals surface area contributed by atoms with E-state index >= 15 is 0 Å². The van der Waals surface area contributed by atoms with Crippen LogP contribution < -0.4 is 5.32 Å². The largest absolute Gasteiger partial charge is 0.424 e. The van der Waals surface area contributed by atoms with Crippen LogP contribution in [0.5, 0.6) is 0 Å². The molecule has 1 saturated carbocycles. The van der Waals surface area contributed by atoms with Crippen LogP contribution in [0, 0.1) is 0 Å². The Balaban J connectivity index is 1.62. The van der Waals surface area contributed by atoms with Crippen molar-refractivity contribution < 1.29 is 9.21 Å². The summed E-state index contributed by atoms with van der Waals surface area (Å²) in [5.74, 6) is 1.74. The highest BCUT2D eigenvalue weighted by molar-refractivity contribution is 5.94. The maximum atomic E-state index is 12.6. The molecule has 1 fully saturated rings. The van der Waals surface area contributed by atoms with E-state index in [9.17, 15) is 4.79 Å². The molecule has 1 aliphatic rings. The van der Waals surface area contributed by atoms with Gasteiger partial charge in [0.15, 0.2) is 0 Å². The van der Waals surface area contributed by atoms with Crippen LogP contribution >= 0.6 is 0 Å². The van der Waals surface area contributed by atoms with E-state index in [4.69, 9.17) is 4.42 Å². The second kappa shape index (κ2) is 8.25. The number of hydrogen-bond acceptors (Lipinski definition) is 5. The number of amides is 1. The normalized spacial score (nSPS) is 15.8. The Morgan fingerprint density at radius 2 is 2.08 bits per heavy atom. The third-order valence-electron chi connectivity index (χ3n) is 4.75. The average Bonchev–Trinajstić information content (AvgIpc) is 3.01. The molecule has 1 aromatic heterocycles. The number of rotatable bonds is 8. The molecule has 6 nitrogen and oxygen atoms in total. The van der Waals surface area contributed by atoms with E-state index in [2.05, 4.69) is 27.3 Å². The van der Waals surface area contributed by atoms with Crippen LogP contribution in [-0.4, -0.2) is 33.6 Å². The lowest BCUT2D eigenvalue weighted by Gasteiger charge is -2.26. The van der Waals surface area contributed by atoms with Crippen LogP contribution in [0.3, 0.4) is 0 Å². The van der Waals surface area contributed by atoms with Gasteiger partial charge in [0.1, 0.15) is 0 Å². The maximum absolute atomic E-state index is 12.6. The molecule has 134 valence electrons. The summed E-state index contributed by atoms with van der Waals surface area (Å²) in [6.45, 7) is 5.31. The monoisotopic (exact) mass is 342 g/mol. The molecular weight excluding hydrogens is 316 g/mol. The molecule has 25 heavy (non-hydrogen) atoms. The number of para-hydroxylation sites is 1. The fourth-order valence-corrected chi connectivity index (χ4v) is 2.96. The van der Waals surface area contributed by atoms with Crippen molar-refractivity contribution in [1.29, 1.82) is 0 Å². The van der Waals surface area contributed by atoms with Crippen LogP contribution in [0.15, 0.2) is 34.7 Å². The third-order valence-corrected chi connectivity index (χ3v) is 4.75. The van der Waals surface area contributed by atoms with E-state index < -0.39 is 0 Å². The van der Waals surface area contributed by atoms with Crippen LogP contribution in [-0.2, 0) is 11.3 Å². The number of anilines is 1. The molecule has 0 saturated heterocycles. The van der Waals surface area contributed by atoms with E-state index in [1.54, 1.807) is 0 Å². The van der Waals surface area contributed by atoms with Gasteiger partial charge in [0.2, 0.25) is 17.7 Å². The summed E-state index contributed by atoms with van der Waals surface area (Å²) in [6, 6.07) is 9.24. The fraction of sp³-hybridized carbons (Fsp3) is 0.526. The Hall–Kier alpha value is -2.21. The van der Waals surface area contributed by atoms with Crippen molar-refractivity contribution in [1.82, 2.24) is 15.1 Å². The van der Waals surface area contributed by atoms with Gasteiger partial charge >= 0.3 is 0 Å². The summed E-state index contributed by atoms with van der Waals surface area (Å²) >= 11 is 0. The first-order valence-corrected chi connectivity index (χ1v) is 9.09. The Bertz CT molecular complexity index is 682. The molecular formula is C19H26N4O2. The van der Waals surface area contributed by atoms with Gasteiger partial charge in [0.05, 0.1) is 12.6 Å². The van der Waals surface area contributed by atoms with E-state index in [0.29, 0.717) is 18.4 Å². The molecule has 0 aliphatic heterocycles. The maximum Gasteiger partial charge on any atom is 0.241 e. The lowest BCUT2D eigenvalue weighted by molar-refractivity contribution is -0.121. The van der Waals surface area contributed by atoms with E-state index in [1.165, 1.54) is 6.42 Å². The minimum atomic E-state index is -0.279. The number of carbonyl (C=O) groups excluding carboxylic acids is 1. The van der Waals surface area contributed by atoms with E-state index in [0.717, 1.165) is 37.4 Å².